The van der Waals surface area contributed by atoms with Gasteiger partial charge in [0.15, 0.2) is 0 Å². The van der Waals surface area contributed by atoms with Gasteiger partial charge < -0.3 is 25.0 Å². The molecule has 0 amide bonds. The average molecular weight is 520 g/mol. The summed E-state index contributed by atoms with van der Waals surface area (Å²) in [5, 5.41) is 24.1. The SMILES string of the molecule is CSc1ccc2c(c1)C(OCCN1CCCC(C(=O)O)C1)Cc1ccccc1S2.O=C(O)C(=O)O. The van der Waals surface area contributed by atoms with Crippen molar-refractivity contribution in [1.82, 2.24) is 4.90 Å². The molecule has 10 heteroatoms. The quantitative estimate of drug-likeness (QED) is 0.379. The third-order valence-corrected chi connectivity index (χ3v) is 7.86. The number of fused-ring (bicyclic) bond motifs is 2. The maximum absolute atomic E-state index is 11.3. The molecule has 0 aromatic heterocycles. The molecular weight excluding hydrogens is 490 g/mol. The van der Waals surface area contributed by atoms with E-state index in [2.05, 4.69) is 53.6 Å². The van der Waals surface area contributed by atoms with E-state index in [1.165, 1.54) is 25.8 Å². The number of ether oxygens (including phenoxy) is 1. The first-order valence-corrected chi connectivity index (χ1v) is 13.3. The third-order valence-electron chi connectivity index (χ3n) is 5.93. The molecule has 2 aromatic rings. The van der Waals surface area contributed by atoms with Crippen molar-refractivity contribution in [3.63, 3.8) is 0 Å². The van der Waals surface area contributed by atoms with Gasteiger partial charge in [-0.05, 0) is 61.0 Å². The van der Waals surface area contributed by atoms with Crippen LogP contribution in [-0.4, -0.2) is 70.6 Å². The topological polar surface area (TPSA) is 124 Å². The largest absolute Gasteiger partial charge is 0.481 e. The fourth-order valence-electron chi connectivity index (χ4n) is 4.13. The first-order chi connectivity index (χ1) is 16.8. The zero-order chi connectivity index (χ0) is 25.4. The van der Waals surface area contributed by atoms with Crippen molar-refractivity contribution in [2.24, 2.45) is 5.92 Å². The van der Waals surface area contributed by atoms with Crippen molar-refractivity contribution in [3.05, 3.63) is 53.6 Å². The van der Waals surface area contributed by atoms with E-state index in [4.69, 9.17) is 24.5 Å². The molecule has 0 radical (unpaired) electrons. The predicted molar refractivity (Wildman–Crippen MR) is 133 cm³/mol. The highest BCUT2D eigenvalue weighted by molar-refractivity contribution is 7.99. The Bertz CT molecular complexity index is 1050. The highest BCUT2D eigenvalue weighted by Crippen LogP contribution is 2.43. The number of likely N-dealkylation sites (tertiary alicyclic amines) is 1. The van der Waals surface area contributed by atoms with Crippen molar-refractivity contribution in [2.75, 3.05) is 32.5 Å². The molecule has 2 aliphatic rings. The highest BCUT2D eigenvalue weighted by Gasteiger charge is 2.27. The van der Waals surface area contributed by atoms with E-state index in [0.717, 1.165) is 32.4 Å². The van der Waals surface area contributed by atoms with Crippen molar-refractivity contribution in [3.8, 4) is 0 Å². The molecule has 0 bridgehead atoms. The van der Waals surface area contributed by atoms with Crippen LogP contribution in [-0.2, 0) is 25.5 Å². The molecule has 0 saturated carbocycles. The van der Waals surface area contributed by atoms with Crippen LogP contribution in [0.25, 0.3) is 0 Å². The normalized spacial score (nSPS) is 19.3. The number of aliphatic carboxylic acids is 3. The molecule has 3 N–H and O–H groups in total. The van der Waals surface area contributed by atoms with Crippen molar-refractivity contribution >= 4 is 41.4 Å². The minimum Gasteiger partial charge on any atom is -0.481 e. The van der Waals surface area contributed by atoms with E-state index in [1.54, 1.807) is 11.8 Å². The number of benzene rings is 2. The summed E-state index contributed by atoms with van der Waals surface area (Å²) in [4.78, 5) is 35.6. The maximum Gasteiger partial charge on any atom is 0.414 e. The first kappa shape index (κ1) is 27.1. The minimum atomic E-state index is -1.82. The summed E-state index contributed by atoms with van der Waals surface area (Å²) in [5.74, 6) is -4.56. The monoisotopic (exact) mass is 519 g/mol. The zero-order valence-electron chi connectivity index (χ0n) is 19.4. The van der Waals surface area contributed by atoms with Crippen LogP contribution in [0, 0.1) is 5.92 Å². The molecule has 2 atom stereocenters. The van der Waals surface area contributed by atoms with E-state index < -0.39 is 17.9 Å². The van der Waals surface area contributed by atoms with Crippen LogP contribution in [0.2, 0.25) is 0 Å². The van der Waals surface area contributed by atoms with Crippen LogP contribution >= 0.6 is 23.5 Å². The number of rotatable bonds is 6. The number of hydrogen-bond donors (Lipinski definition) is 3. The number of thioether (sulfide) groups is 1. The Morgan fingerprint density at radius 3 is 2.51 bits per heavy atom. The molecule has 1 saturated heterocycles. The summed E-state index contributed by atoms with van der Waals surface area (Å²) in [6.45, 7) is 3.00. The fourth-order valence-corrected chi connectivity index (χ4v) is 5.69. The maximum atomic E-state index is 11.3. The lowest BCUT2D eigenvalue weighted by Gasteiger charge is -2.31. The summed E-state index contributed by atoms with van der Waals surface area (Å²) in [7, 11) is 0. The molecule has 188 valence electrons. The van der Waals surface area contributed by atoms with E-state index >= 15 is 0 Å². The number of hydrogen-bond acceptors (Lipinski definition) is 7. The molecular formula is C25H29NO7S2. The molecule has 2 heterocycles. The molecule has 2 aliphatic heterocycles. The third kappa shape index (κ3) is 7.73. The molecule has 4 rings (SSSR count). The smallest absolute Gasteiger partial charge is 0.414 e. The Morgan fingerprint density at radius 1 is 1.09 bits per heavy atom. The van der Waals surface area contributed by atoms with Crippen molar-refractivity contribution in [1.29, 1.82) is 0 Å². The van der Waals surface area contributed by atoms with Gasteiger partial charge in [-0.3, -0.25) is 4.79 Å². The predicted octanol–water partition coefficient (Wildman–Crippen LogP) is 4.13. The van der Waals surface area contributed by atoms with Crippen LogP contribution in [0.1, 0.15) is 30.1 Å². The van der Waals surface area contributed by atoms with E-state index in [1.807, 2.05) is 11.8 Å². The van der Waals surface area contributed by atoms with Crippen LogP contribution < -0.4 is 0 Å². The number of carbonyl (C=O) groups is 3. The van der Waals surface area contributed by atoms with Gasteiger partial charge in [0, 0.05) is 34.2 Å². The lowest BCUT2D eigenvalue weighted by molar-refractivity contribution is -0.159. The summed E-state index contributed by atoms with van der Waals surface area (Å²) in [6.07, 6.45) is 4.73. The molecule has 2 aromatic carbocycles. The highest BCUT2D eigenvalue weighted by atomic mass is 32.2. The van der Waals surface area contributed by atoms with Gasteiger partial charge >= 0.3 is 17.9 Å². The number of carboxylic acids is 3. The molecule has 8 nitrogen and oxygen atoms in total. The Labute approximate surface area is 212 Å². The lowest BCUT2D eigenvalue weighted by atomic mass is 9.98. The molecule has 0 spiro atoms. The Hall–Kier alpha value is -2.53. The van der Waals surface area contributed by atoms with Crippen molar-refractivity contribution in [2.45, 2.75) is 40.1 Å². The van der Waals surface area contributed by atoms with Gasteiger partial charge in [-0.25, -0.2) is 9.59 Å². The summed E-state index contributed by atoms with van der Waals surface area (Å²) >= 11 is 3.58. The van der Waals surface area contributed by atoms with Gasteiger partial charge in [0.25, 0.3) is 0 Å². The summed E-state index contributed by atoms with van der Waals surface area (Å²) in [5.41, 5.74) is 2.59. The van der Waals surface area contributed by atoms with E-state index in [0.29, 0.717) is 13.2 Å². The number of carboxylic acid groups (broad SMARTS) is 3. The van der Waals surface area contributed by atoms with Gasteiger partial charge in [-0.1, -0.05) is 30.0 Å². The number of piperidine rings is 1. The van der Waals surface area contributed by atoms with Crippen molar-refractivity contribution < 1.29 is 34.4 Å². The Kier molecular flexibility index (Phi) is 10.0. The lowest BCUT2D eigenvalue weighted by Crippen LogP contribution is -2.40. The van der Waals surface area contributed by atoms with Crippen LogP contribution in [0.5, 0.6) is 0 Å². The summed E-state index contributed by atoms with van der Waals surface area (Å²) < 4.78 is 6.43. The first-order valence-electron chi connectivity index (χ1n) is 11.2. The Balaban J connectivity index is 0.000000509. The van der Waals surface area contributed by atoms with Crippen LogP contribution in [0.15, 0.2) is 57.2 Å². The van der Waals surface area contributed by atoms with Gasteiger partial charge in [0.05, 0.1) is 18.6 Å². The van der Waals surface area contributed by atoms with E-state index in [-0.39, 0.29) is 12.0 Å². The second kappa shape index (κ2) is 13.0. The van der Waals surface area contributed by atoms with Gasteiger partial charge in [-0.15, -0.1) is 11.8 Å². The standard InChI is InChI=1S/C23H27NO3S2.C2H2O4/c1-28-18-8-9-22-19(14-18)20(13-16-5-2-3-7-21(16)29-22)27-12-11-24-10-4-6-17(15-24)23(25)26;3-1(4)2(5)6/h2-3,5,7-9,14,17,20H,4,6,10-13,15H2,1H3,(H,25,26);(H,3,4)(H,5,6). The second-order valence-electron chi connectivity index (χ2n) is 8.27. The average Bonchev–Trinajstić information content (AvgIpc) is 3.00. The molecule has 35 heavy (non-hydrogen) atoms. The number of nitrogens with zero attached hydrogens (tertiary/aromatic N) is 1. The molecule has 0 aliphatic carbocycles. The van der Waals surface area contributed by atoms with Crippen LogP contribution in [0.3, 0.4) is 0 Å². The van der Waals surface area contributed by atoms with Crippen LogP contribution in [0.4, 0.5) is 0 Å². The minimum absolute atomic E-state index is 0.0216. The second-order valence-corrected chi connectivity index (χ2v) is 10.2. The summed E-state index contributed by atoms with van der Waals surface area (Å²) in [6, 6.07) is 15.2. The zero-order valence-corrected chi connectivity index (χ0v) is 21.0. The van der Waals surface area contributed by atoms with E-state index in [9.17, 15) is 9.90 Å². The van der Waals surface area contributed by atoms with Gasteiger partial charge in [0.1, 0.15) is 0 Å². The Morgan fingerprint density at radius 2 is 1.83 bits per heavy atom. The fraction of sp³-hybridized carbons (Fsp3) is 0.400. The molecule has 1 fully saturated rings. The molecule has 2 unspecified atom stereocenters. The van der Waals surface area contributed by atoms with Gasteiger partial charge in [0.2, 0.25) is 0 Å². The van der Waals surface area contributed by atoms with Gasteiger partial charge in [-0.2, -0.15) is 0 Å².